The van der Waals surface area contributed by atoms with E-state index in [-0.39, 0.29) is 16.4 Å². The average Bonchev–Trinajstić information content (AvgIpc) is 2.57. The second kappa shape index (κ2) is 7.69. The summed E-state index contributed by atoms with van der Waals surface area (Å²) in [6.07, 6.45) is -3.44. The van der Waals surface area contributed by atoms with Crippen LogP contribution in [0.1, 0.15) is 29.9 Å². The van der Waals surface area contributed by atoms with E-state index < -0.39 is 17.6 Å². The number of carbonyl (C=O) groups excluding carboxylic acids is 1. The van der Waals surface area contributed by atoms with Gasteiger partial charge in [0.2, 0.25) is 0 Å². The molecule has 0 spiro atoms. The zero-order chi connectivity index (χ0) is 18.6. The average molecular weight is 373 g/mol. The molecule has 1 aromatic heterocycles. The molecule has 5 nitrogen and oxygen atoms in total. The van der Waals surface area contributed by atoms with Gasteiger partial charge in [-0.2, -0.15) is 13.2 Å². The zero-order valence-corrected chi connectivity index (χ0v) is 14.3. The fraction of sp³-hybridized carbons (Fsp3) is 0.312. The van der Waals surface area contributed by atoms with Crippen molar-refractivity contribution in [2.24, 2.45) is 0 Å². The number of hydrogen-bond acceptors (Lipinski definition) is 4. The third kappa shape index (κ3) is 4.60. The minimum Gasteiger partial charge on any atom is -0.357 e. The molecule has 1 aromatic carbocycles. The Balaban J connectivity index is 2.31. The maximum absolute atomic E-state index is 13.1. The van der Waals surface area contributed by atoms with Gasteiger partial charge in [-0.15, -0.1) is 0 Å². The molecule has 0 unspecified atom stereocenters. The van der Waals surface area contributed by atoms with Gasteiger partial charge in [-0.3, -0.25) is 4.79 Å². The maximum atomic E-state index is 13.1. The van der Waals surface area contributed by atoms with Crippen LogP contribution in [0.2, 0.25) is 5.02 Å². The third-order valence-electron chi connectivity index (χ3n) is 3.51. The van der Waals surface area contributed by atoms with Gasteiger partial charge >= 0.3 is 6.18 Å². The lowest BCUT2D eigenvalue weighted by molar-refractivity contribution is -0.136. The molecule has 0 atom stereocenters. The lowest BCUT2D eigenvalue weighted by Gasteiger charge is -2.19. The molecule has 2 rings (SSSR count). The topological polar surface area (TPSA) is 58.1 Å². The summed E-state index contributed by atoms with van der Waals surface area (Å²) in [7, 11) is 0. The molecule has 0 fully saturated rings. The Morgan fingerprint density at radius 3 is 2.48 bits per heavy atom. The number of alkyl halides is 3. The van der Waals surface area contributed by atoms with Crippen molar-refractivity contribution in [3.05, 3.63) is 46.9 Å². The molecule has 9 heteroatoms. The van der Waals surface area contributed by atoms with E-state index in [1.54, 1.807) is 0 Å². The molecule has 0 bridgehead atoms. The minimum absolute atomic E-state index is 0.0278. The van der Waals surface area contributed by atoms with Crippen molar-refractivity contribution < 1.29 is 18.0 Å². The van der Waals surface area contributed by atoms with Gasteiger partial charge in [-0.25, -0.2) is 9.97 Å². The van der Waals surface area contributed by atoms with Crippen molar-refractivity contribution >= 4 is 29.0 Å². The lowest BCUT2D eigenvalue weighted by atomic mass is 10.1. The Bertz CT molecular complexity index is 763. The number of aromatic nitrogens is 2. The molecule has 0 aliphatic carbocycles. The van der Waals surface area contributed by atoms with Crippen LogP contribution < -0.4 is 10.2 Å². The molecule has 1 amide bonds. The quantitative estimate of drug-likeness (QED) is 0.852. The second-order valence-corrected chi connectivity index (χ2v) is 5.51. The molecule has 134 valence electrons. The van der Waals surface area contributed by atoms with Gasteiger partial charge in [-0.1, -0.05) is 11.6 Å². The Morgan fingerprint density at radius 1 is 1.20 bits per heavy atom. The highest BCUT2D eigenvalue weighted by Crippen LogP contribution is 2.36. The fourth-order valence-electron chi connectivity index (χ4n) is 2.24. The molecule has 1 N–H and O–H groups in total. The Morgan fingerprint density at radius 2 is 1.88 bits per heavy atom. The number of carbonyl (C=O) groups is 1. The van der Waals surface area contributed by atoms with Crippen LogP contribution in [0.5, 0.6) is 0 Å². The zero-order valence-electron chi connectivity index (χ0n) is 13.6. The molecule has 0 radical (unpaired) electrons. The summed E-state index contributed by atoms with van der Waals surface area (Å²) in [5.41, 5.74) is -1.43. The number of nitrogens with one attached hydrogen (secondary N) is 1. The van der Waals surface area contributed by atoms with Crippen LogP contribution in [0.15, 0.2) is 30.6 Å². The van der Waals surface area contributed by atoms with E-state index in [2.05, 4.69) is 15.3 Å². The second-order valence-electron chi connectivity index (χ2n) is 5.08. The van der Waals surface area contributed by atoms with Crippen LogP contribution in [0.25, 0.3) is 0 Å². The number of anilines is 2. The van der Waals surface area contributed by atoms with Gasteiger partial charge < -0.3 is 10.2 Å². The van der Waals surface area contributed by atoms with Crippen LogP contribution in [0, 0.1) is 0 Å². The molecular formula is C16H16ClF3N4O. The van der Waals surface area contributed by atoms with E-state index in [1.165, 1.54) is 18.5 Å². The summed E-state index contributed by atoms with van der Waals surface area (Å²) in [6.45, 7) is 5.19. The summed E-state index contributed by atoms with van der Waals surface area (Å²) in [4.78, 5) is 22.1. The highest BCUT2D eigenvalue weighted by Gasteiger charge is 2.34. The minimum atomic E-state index is -4.65. The first-order valence-electron chi connectivity index (χ1n) is 7.51. The molecule has 0 aliphatic heterocycles. The normalized spacial score (nSPS) is 11.3. The number of amides is 1. The van der Waals surface area contributed by atoms with Crippen LogP contribution >= 0.6 is 11.6 Å². The molecule has 0 saturated heterocycles. The Hall–Kier alpha value is -2.35. The van der Waals surface area contributed by atoms with Crippen LogP contribution in [0.4, 0.5) is 24.7 Å². The van der Waals surface area contributed by atoms with Gasteiger partial charge in [0.25, 0.3) is 5.91 Å². The van der Waals surface area contributed by atoms with Gasteiger partial charge in [0.15, 0.2) is 0 Å². The summed E-state index contributed by atoms with van der Waals surface area (Å²) in [5, 5.41) is 2.16. The third-order valence-corrected chi connectivity index (χ3v) is 3.74. The number of benzene rings is 1. The molecule has 2 aromatic rings. The Kier molecular flexibility index (Phi) is 5.84. The monoisotopic (exact) mass is 372 g/mol. The molecule has 1 heterocycles. The molecule has 25 heavy (non-hydrogen) atoms. The van der Waals surface area contributed by atoms with Crippen LogP contribution in [-0.2, 0) is 6.18 Å². The van der Waals surface area contributed by atoms with E-state index in [0.717, 1.165) is 12.1 Å². The van der Waals surface area contributed by atoms with Gasteiger partial charge in [0.05, 0.1) is 11.3 Å². The SMILES string of the molecule is CCN(CC)c1cc(C(=O)Nc2ccc(Cl)cc2C(F)(F)F)ncn1. The van der Waals surface area contributed by atoms with Crippen molar-refractivity contribution in [1.29, 1.82) is 0 Å². The predicted octanol–water partition coefficient (Wildman–Crippen LogP) is 4.25. The van der Waals surface area contributed by atoms with Crippen molar-refractivity contribution in [1.82, 2.24) is 9.97 Å². The van der Waals surface area contributed by atoms with Crippen LogP contribution in [0.3, 0.4) is 0 Å². The number of hydrogen-bond donors (Lipinski definition) is 1. The summed E-state index contributed by atoms with van der Waals surface area (Å²) < 4.78 is 39.3. The van der Waals surface area contributed by atoms with E-state index in [0.29, 0.717) is 18.9 Å². The van der Waals surface area contributed by atoms with E-state index in [4.69, 9.17) is 11.6 Å². The van der Waals surface area contributed by atoms with Crippen molar-refractivity contribution in [2.75, 3.05) is 23.3 Å². The first kappa shape index (κ1) is 19.0. The number of halogens is 4. The van der Waals surface area contributed by atoms with Crippen molar-refractivity contribution in [2.45, 2.75) is 20.0 Å². The van der Waals surface area contributed by atoms with Gasteiger partial charge in [0.1, 0.15) is 17.8 Å². The van der Waals surface area contributed by atoms with Gasteiger partial charge in [0, 0.05) is 24.2 Å². The first-order valence-corrected chi connectivity index (χ1v) is 7.89. The lowest BCUT2D eigenvalue weighted by Crippen LogP contribution is -2.24. The summed E-state index contributed by atoms with van der Waals surface area (Å²) in [6, 6.07) is 4.58. The van der Waals surface area contributed by atoms with Crippen molar-refractivity contribution in [3.63, 3.8) is 0 Å². The number of nitrogens with zero attached hydrogens (tertiary/aromatic N) is 3. The summed E-state index contributed by atoms with van der Waals surface area (Å²) >= 11 is 5.63. The first-order chi connectivity index (χ1) is 11.8. The highest BCUT2D eigenvalue weighted by molar-refractivity contribution is 6.30. The maximum Gasteiger partial charge on any atom is 0.418 e. The van der Waals surface area contributed by atoms with Crippen molar-refractivity contribution in [3.8, 4) is 0 Å². The van der Waals surface area contributed by atoms with E-state index in [9.17, 15) is 18.0 Å². The predicted molar refractivity (Wildman–Crippen MR) is 90.0 cm³/mol. The molecule has 0 aliphatic rings. The number of rotatable bonds is 5. The Labute approximate surface area is 147 Å². The fourth-order valence-corrected chi connectivity index (χ4v) is 2.41. The van der Waals surface area contributed by atoms with E-state index >= 15 is 0 Å². The van der Waals surface area contributed by atoms with Crippen LogP contribution in [-0.4, -0.2) is 29.0 Å². The summed E-state index contributed by atoms with van der Waals surface area (Å²) in [5.74, 6) is -0.235. The largest absolute Gasteiger partial charge is 0.418 e. The molecular weight excluding hydrogens is 357 g/mol. The standard InChI is InChI=1S/C16H16ClF3N4O/c1-3-24(4-2)14-8-13(21-9-22-14)15(25)23-12-6-5-10(17)7-11(12)16(18,19)20/h5-9H,3-4H2,1-2H3,(H,23,25). The highest BCUT2D eigenvalue weighted by atomic mass is 35.5. The van der Waals surface area contributed by atoms with E-state index in [1.807, 2.05) is 18.7 Å². The molecule has 0 saturated carbocycles. The van der Waals surface area contributed by atoms with Gasteiger partial charge in [-0.05, 0) is 32.0 Å². The smallest absolute Gasteiger partial charge is 0.357 e.